The van der Waals surface area contributed by atoms with Gasteiger partial charge in [0.25, 0.3) is 7.52 Å². The maximum absolute atomic E-state index is 11.0. The summed E-state index contributed by atoms with van der Waals surface area (Å²) >= 11 is 0. The fourth-order valence-electron chi connectivity index (χ4n) is 0.330. The van der Waals surface area contributed by atoms with E-state index in [-0.39, 0.29) is 5.31 Å². The molecule has 58 valence electrons. The number of rotatable bonds is 3. The number of hydrogen-bond acceptors (Lipinski definition) is 3. The largest absolute Gasteiger partial charge is 0.318 e. The summed E-state index contributed by atoms with van der Waals surface area (Å²) in [6.45, 7) is 4.47. The number of hydrogen-bond donors (Lipinski definition) is 1. The van der Waals surface area contributed by atoms with Gasteiger partial charge in [0.1, 0.15) is 0 Å². The van der Waals surface area contributed by atoms with Crippen molar-refractivity contribution in [2.75, 3.05) is 7.11 Å². The predicted octanol–water partition coefficient (Wildman–Crippen LogP) is 0.887. The van der Waals surface area contributed by atoms with Crippen LogP contribution in [0, 0.1) is 0 Å². The maximum Gasteiger partial charge on any atom is 0.299 e. The van der Waals surface area contributed by atoms with Crippen LogP contribution in [0.25, 0.3) is 0 Å². The van der Waals surface area contributed by atoms with Crippen molar-refractivity contribution in [2.24, 2.45) is 5.50 Å². The molecular weight excluding hydrogens is 153 g/mol. The summed E-state index contributed by atoms with van der Waals surface area (Å²) in [5.41, 5.74) is 5.07. The van der Waals surface area contributed by atoms with Gasteiger partial charge in [-0.2, -0.15) is 0 Å². The number of carbonyl (C=O) groups excluding carboxylic acids is 1. The van der Waals surface area contributed by atoms with Crippen LogP contribution in [0.3, 0.4) is 0 Å². The Balaban J connectivity index is 4.51. The zero-order valence-electron chi connectivity index (χ0n) is 5.96. The zero-order chi connectivity index (χ0) is 8.36. The third-order valence-corrected chi connectivity index (χ3v) is 2.66. The average molecular weight is 163 g/mol. The van der Waals surface area contributed by atoms with E-state index in [1.54, 1.807) is 0 Å². The predicted molar refractivity (Wildman–Crippen MR) is 38.6 cm³/mol. The normalized spacial score (nSPS) is 15.9. The quantitative estimate of drug-likeness (QED) is 0.495. The van der Waals surface area contributed by atoms with Gasteiger partial charge in [0.05, 0.1) is 5.31 Å². The first-order valence-electron chi connectivity index (χ1n) is 2.56. The molecule has 0 aromatic heterocycles. The Bertz CT molecular complexity index is 211. The van der Waals surface area contributed by atoms with E-state index in [1.807, 2.05) is 0 Å². The van der Waals surface area contributed by atoms with E-state index in [4.69, 9.17) is 5.50 Å². The first kappa shape index (κ1) is 9.56. The van der Waals surface area contributed by atoms with Gasteiger partial charge in [-0.15, -0.1) is 0 Å². The molecule has 0 spiro atoms. The lowest BCUT2D eigenvalue weighted by molar-refractivity contribution is -0.113. The molecule has 0 amide bonds. The summed E-state index contributed by atoms with van der Waals surface area (Å²) in [7, 11) is -2.19. The summed E-state index contributed by atoms with van der Waals surface area (Å²) < 4.78 is 15.3. The van der Waals surface area contributed by atoms with Gasteiger partial charge in [0, 0.05) is 7.11 Å². The molecular formula is C5H10NO3P. The van der Waals surface area contributed by atoms with E-state index in [2.05, 4.69) is 11.1 Å². The summed E-state index contributed by atoms with van der Waals surface area (Å²) in [5.74, 6) is -0.410. The second kappa shape index (κ2) is 3.10. The number of ketones is 1. The molecule has 0 rings (SSSR count). The lowest BCUT2D eigenvalue weighted by Gasteiger charge is -2.09. The van der Waals surface area contributed by atoms with E-state index in [0.29, 0.717) is 0 Å². The monoisotopic (exact) mass is 163 g/mol. The molecule has 2 N–H and O–H groups in total. The standard InChI is InChI=1S/C5H10NO3P/c1-4(7)5(2)10(6,8)9-3/h2H2,1,3H3,(H2,6,8). The van der Waals surface area contributed by atoms with Crippen molar-refractivity contribution < 1.29 is 13.9 Å². The summed E-state index contributed by atoms with van der Waals surface area (Å²) in [6.07, 6.45) is 0. The van der Waals surface area contributed by atoms with Crippen LogP contribution < -0.4 is 5.50 Å². The fraction of sp³-hybridized carbons (Fsp3) is 0.400. The average Bonchev–Trinajstić information content (AvgIpc) is 1.86. The lowest BCUT2D eigenvalue weighted by Crippen LogP contribution is -2.05. The first-order valence-corrected chi connectivity index (χ1v) is 4.26. The topological polar surface area (TPSA) is 69.4 Å². The van der Waals surface area contributed by atoms with Crippen molar-refractivity contribution in [3.63, 3.8) is 0 Å². The van der Waals surface area contributed by atoms with Crippen LogP contribution in [0.15, 0.2) is 11.9 Å². The molecule has 0 saturated carbocycles. The highest BCUT2D eigenvalue weighted by atomic mass is 31.2. The molecule has 5 heteroatoms. The molecule has 0 aliphatic rings. The minimum atomic E-state index is -3.36. The fourth-order valence-corrected chi connectivity index (χ4v) is 0.989. The van der Waals surface area contributed by atoms with E-state index < -0.39 is 13.3 Å². The molecule has 0 aromatic carbocycles. The molecule has 0 aliphatic heterocycles. The molecule has 10 heavy (non-hydrogen) atoms. The minimum absolute atomic E-state index is 0.157. The van der Waals surface area contributed by atoms with Crippen LogP contribution in [0.5, 0.6) is 0 Å². The number of allylic oxidation sites excluding steroid dienone is 1. The molecule has 0 bridgehead atoms. The van der Waals surface area contributed by atoms with Crippen molar-refractivity contribution in [3.05, 3.63) is 11.9 Å². The molecule has 0 fully saturated rings. The molecule has 1 atom stereocenters. The van der Waals surface area contributed by atoms with Crippen LogP contribution in [0.1, 0.15) is 6.92 Å². The molecule has 4 nitrogen and oxygen atoms in total. The van der Waals surface area contributed by atoms with Crippen LogP contribution in [-0.4, -0.2) is 12.9 Å². The second-order valence-corrected chi connectivity index (χ2v) is 3.88. The summed E-state index contributed by atoms with van der Waals surface area (Å²) in [5, 5.41) is -0.157. The third-order valence-electron chi connectivity index (χ3n) is 1.05. The minimum Gasteiger partial charge on any atom is -0.318 e. The molecule has 0 heterocycles. The van der Waals surface area contributed by atoms with E-state index >= 15 is 0 Å². The van der Waals surface area contributed by atoms with Gasteiger partial charge in [-0.25, -0.2) is 0 Å². The van der Waals surface area contributed by atoms with Gasteiger partial charge in [0.2, 0.25) is 0 Å². The third kappa shape index (κ3) is 2.06. The van der Waals surface area contributed by atoms with Crippen molar-refractivity contribution in [2.45, 2.75) is 6.92 Å². The van der Waals surface area contributed by atoms with Gasteiger partial charge in [0.15, 0.2) is 5.78 Å². The highest BCUT2D eigenvalue weighted by Gasteiger charge is 2.22. The van der Waals surface area contributed by atoms with E-state index in [1.165, 1.54) is 14.0 Å². The van der Waals surface area contributed by atoms with Gasteiger partial charge in [-0.3, -0.25) is 14.9 Å². The second-order valence-electron chi connectivity index (χ2n) is 1.78. The molecule has 0 aromatic rings. The summed E-state index contributed by atoms with van der Waals surface area (Å²) in [4.78, 5) is 10.5. The summed E-state index contributed by atoms with van der Waals surface area (Å²) in [6, 6.07) is 0. The Kier molecular flexibility index (Phi) is 2.96. The zero-order valence-corrected chi connectivity index (χ0v) is 6.85. The van der Waals surface area contributed by atoms with Gasteiger partial charge >= 0.3 is 0 Å². The van der Waals surface area contributed by atoms with E-state index in [9.17, 15) is 9.36 Å². The Labute approximate surface area is 59.6 Å². The smallest absolute Gasteiger partial charge is 0.299 e. The Morgan fingerprint density at radius 3 is 2.20 bits per heavy atom. The van der Waals surface area contributed by atoms with Crippen LogP contribution in [0.4, 0.5) is 0 Å². The number of carbonyl (C=O) groups is 1. The Hall–Kier alpha value is -0.440. The highest BCUT2D eigenvalue weighted by molar-refractivity contribution is 7.62. The molecule has 0 aliphatic carbocycles. The van der Waals surface area contributed by atoms with Gasteiger partial charge in [-0.1, -0.05) is 6.58 Å². The maximum atomic E-state index is 11.0. The van der Waals surface area contributed by atoms with E-state index in [0.717, 1.165) is 0 Å². The molecule has 0 radical (unpaired) electrons. The Morgan fingerprint density at radius 1 is 1.70 bits per heavy atom. The molecule has 1 unspecified atom stereocenters. The van der Waals surface area contributed by atoms with Crippen molar-refractivity contribution >= 4 is 13.3 Å². The first-order chi connectivity index (χ1) is 4.41. The van der Waals surface area contributed by atoms with Crippen molar-refractivity contribution in [1.82, 2.24) is 0 Å². The lowest BCUT2D eigenvalue weighted by atomic mass is 10.4. The number of nitrogens with two attached hydrogens (primary N) is 1. The molecule has 0 saturated heterocycles. The Morgan fingerprint density at radius 2 is 2.10 bits per heavy atom. The van der Waals surface area contributed by atoms with Crippen molar-refractivity contribution in [1.29, 1.82) is 0 Å². The SMILES string of the molecule is C=C(C(C)=O)P(N)(=O)OC. The number of Topliss-reactive ketones (excluding diaryl/α,β-unsaturated/α-hetero) is 1. The van der Waals surface area contributed by atoms with Gasteiger partial charge in [-0.05, 0) is 6.92 Å². The van der Waals surface area contributed by atoms with Crippen molar-refractivity contribution in [3.8, 4) is 0 Å². The highest BCUT2D eigenvalue weighted by Crippen LogP contribution is 2.45. The van der Waals surface area contributed by atoms with Crippen LogP contribution in [0.2, 0.25) is 0 Å². The van der Waals surface area contributed by atoms with Gasteiger partial charge < -0.3 is 4.52 Å². The van der Waals surface area contributed by atoms with Crippen LogP contribution in [-0.2, 0) is 13.9 Å². The van der Waals surface area contributed by atoms with Crippen LogP contribution >= 0.6 is 7.52 Å².